The lowest BCUT2D eigenvalue weighted by Crippen LogP contribution is -2.46. The number of nitrogens with zero attached hydrogens (tertiary/aromatic N) is 1. The van der Waals surface area contributed by atoms with E-state index in [1.165, 1.54) is 6.26 Å². The maximum absolute atomic E-state index is 12.8. The molecule has 1 aliphatic heterocycles. The van der Waals surface area contributed by atoms with Crippen molar-refractivity contribution in [3.63, 3.8) is 0 Å². The Labute approximate surface area is 164 Å². The van der Waals surface area contributed by atoms with Crippen molar-refractivity contribution >= 4 is 11.8 Å². The summed E-state index contributed by atoms with van der Waals surface area (Å²) in [4.78, 5) is 26.9. The highest BCUT2D eigenvalue weighted by molar-refractivity contribution is 5.95. The first-order chi connectivity index (χ1) is 13.6. The lowest BCUT2D eigenvalue weighted by Gasteiger charge is -2.32. The van der Waals surface area contributed by atoms with Crippen LogP contribution in [0.25, 0.3) is 0 Å². The largest absolute Gasteiger partial charge is 0.491 e. The Morgan fingerprint density at radius 2 is 2.00 bits per heavy atom. The summed E-state index contributed by atoms with van der Waals surface area (Å²) in [5, 5.41) is 3.00. The fourth-order valence-electron chi connectivity index (χ4n) is 3.23. The molecule has 2 heterocycles. The van der Waals surface area contributed by atoms with Crippen molar-refractivity contribution in [2.24, 2.45) is 0 Å². The van der Waals surface area contributed by atoms with Gasteiger partial charge in [0.2, 0.25) is 0 Å². The smallest absolute Gasteiger partial charge is 0.287 e. The third kappa shape index (κ3) is 4.92. The van der Waals surface area contributed by atoms with Crippen LogP contribution < -0.4 is 10.1 Å². The standard InChI is InChI=1S/C21H26N2O5/c1-15-8-11-28-19(15)20(24)22-17-6-9-23(10-7-17)21(25)16-4-3-5-18(14-16)27-13-12-26-2/h3-5,8,11,14,17H,6-7,9-10,12-13H2,1-2H3,(H,22,24). The monoisotopic (exact) mass is 386 g/mol. The van der Waals surface area contributed by atoms with Crippen LogP contribution in [-0.4, -0.2) is 56.2 Å². The molecule has 2 aromatic rings. The number of hydrogen-bond donors (Lipinski definition) is 1. The molecule has 0 saturated carbocycles. The van der Waals surface area contributed by atoms with Gasteiger partial charge in [-0.2, -0.15) is 0 Å². The Kier molecular flexibility index (Phi) is 6.71. The van der Waals surface area contributed by atoms with Crippen LogP contribution in [0.5, 0.6) is 5.75 Å². The molecule has 150 valence electrons. The van der Waals surface area contributed by atoms with Crippen molar-refractivity contribution in [2.75, 3.05) is 33.4 Å². The Morgan fingerprint density at radius 1 is 1.21 bits per heavy atom. The predicted octanol–water partition coefficient (Wildman–Crippen LogP) is 2.65. The van der Waals surface area contributed by atoms with Crippen molar-refractivity contribution < 1.29 is 23.5 Å². The van der Waals surface area contributed by atoms with E-state index in [1.807, 2.05) is 24.0 Å². The number of aryl methyl sites for hydroxylation is 1. The Bertz CT molecular complexity index is 809. The molecular formula is C21H26N2O5. The van der Waals surface area contributed by atoms with Gasteiger partial charge in [0, 0.05) is 37.4 Å². The quantitative estimate of drug-likeness (QED) is 0.740. The van der Waals surface area contributed by atoms with Crippen LogP contribution in [0.1, 0.15) is 39.3 Å². The third-order valence-corrected chi connectivity index (χ3v) is 4.82. The zero-order valence-corrected chi connectivity index (χ0v) is 16.3. The molecule has 7 heteroatoms. The molecule has 2 amide bonds. The van der Waals surface area contributed by atoms with E-state index in [0.29, 0.717) is 56.2 Å². The zero-order chi connectivity index (χ0) is 19.9. The second kappa shape index (κ2) is 9.41. The van der Waals surface area contributed by atoms with Crippen LogP contribution in [0.2, 0.25) is 0 Å². The molecule has 0 radical (unpaired) electrons. The number of carbonyl (C=O) groups is 2. The molecule has 28 heavy (non-hydrogen) atoms. The van der Waals surface area contributed by atoms with Crippen LogP contribution in [-0.2, 0) is 4.74 Å². The summed E-state index contributed by atoms with van der Waals surface area (Å²) >= 11 is 0. The first-order valence-electron chi connectivity index (χ1n) is 9.44. The summed E-state index contributed by atoms with van der Waals surface area (Å²) in [6, 6.07) is 8.98. The molecule has 7 nitrogen and oxygen atoms in total. The maximum Gasteiger partial charge on any atom is 0.287 e. The number of carbonyl (C=O) groups excluding carboxylic acids is 2. The highest BCUT2D eigenvalue weighted by Gasteiger charge is 2.26. The molecular weight excluding hydrogens is 360 g/mol. The predicted molar refractivity (Wildman–Crippen MR) is 104 cm³/mol. The summed E-state index contributed by atoms with van der Waals surface area (Å²) in [5.41, 5.74) is 1.42. The van der Waals surface area contributed by atoms with Crippen molar-refractivity contribution in [1.82, 2.24) is 10.2 Å². The van der Waals surface area contributed by atoms with E-state index in [0.717, 1.165) is 5.56 Å². The minimum absolute atomic E-state index is 0.0242. The number of piperidine rings is 1. The Balaban J connectivity index is 1.52. The molecule has 0 unspecified atom stereocenters. The second-order valence-corrected chi connectivity index (χ2v) is 6.84. The van der Waals surface area contributed by atoms with Crippen LogP contribution in [0.3, 0.4) is 0 Å². The third-order valence-electron chi connectivity index (χ3n) is 4.82. The highest BCUT2D eigenvalue weighted by Crippen LogP contribution is 2.19. The fourth-order valence-corrected chi connectivity index (χ4v) is 3.23. The van der Waals surface area contributed by atoms with E-state index >= 15 is 0 Å². The molecule has 0 bridgehead atoms. The van der Waals surface area contributed by atoms with E-state index in [-0.39, 0.29) is 17.9 Å². The molecule has 1 aliphatic rings. The average molecular weight is 386 g/mol. The van der Waals surface area contributed by atoms with E-state index in [4.69, 9.17) is 13.9 Å². The normalized spacial score (nSPS) is 14.7. The summed E-state index contributed by atoms with van der Waals surface area (Å²) in [5.74, 6) is 0.777. The SMILES string of the molecule is COCCOc1cccc(C(=O)N2CCC(NC(=O)c3occc3C)CC2)c1. The number of rotatable bonds is 7. The fraction of sp³-hybridized carbons (Fsp3) is 0.429. The molecule has 0 atom stereocenters. The van der Waals surface area contributed by atoms with E-state index in [9.17, 15) is 9.59 Å². The number of hydrogen-bond acceptors (Lipinski definition) is 5. The number of benzene rings is 1. The molecule has 1 saturated heterocycles. The number of amides is 2. The van der Waals surface area contributed by atoms with Crippen LogP contribution in [0, 0.1) is 6.92 Å². The molecule has 1 fully saturated rings. The molecule has 1 aromatic heterocycles. The molecule has 0 aliphatic carbocycles. The van der Waals surface area contributed by atoms with Crippen molar-refractivity contribution in [3.8, 4) is 5.75 Å². The van der Waals surface area contributed by atoms with Gasteiger partial charge < -0.3 is 24.1 Å². The lowest BCUT2D eigenvalue weighted by atomic mass is 10.0. The minimum atomic E-state index is -0.201. The van der Waals surface area contributed by atoms with Gasteiger partial charge in [-0.1, -0.05) is 6.07 Å². The van der Waals surface area contributed by atoms with Crippen LogP contribution >= 0.6 is 0 Å². The molecule has 3 rings (SSSR count). The molecule has 1 N–H and O–H groups in total. The first-order valence-corrected chi connectivity index (χ1v) is 9.44. The van der Waals surface area contributed by atoms with Crippen molar-refractivity contribution in [3.05, 3.63) is 53.5 Å². The van der Waals surface area contributed by atoms with E-state index in [2.05, 4.69) is 5.32 Å². The van der Waals surface area contributed by atoms with Gasteiger partial charge in [0.15, 0.2) is 5.76 Å². The van der Waals surface area contributed by atoms with Gasteiger partial charge in [-0.3, -0.25) is 9.59 Å². The topological polar surface area (TPSA) is 81.0 Å². The average Bonchev–Trinajstić information content (AvgIpc) is 3.14. The van der Waals surface area contributed by atoms with Gasteiger partial charge >= 0.3 is 0 Å². The van der Waals surface area contributed by atoms with Crippen molar-refractivity contribution in [2.45, 2.75) is 25.8 Å². The van der Waals surface area contributed by atoms with E-state index in [1.54, 1.807) is 25.3 Å². The van der Waals surface area contributed by atoms with Crippen LogP contribution in [0.4, 0.5) is 0 Å². The number of furan rings is 1. The van der Waals surface area contributed by atoms with Crippen molar-refractivity contribution in [1.29, 1.82) is 0 Å². The lowest BCUT2D eigenvalue weighted by molar-refractivity contribution is 0.0695. The van der Waals surface area contributed by atoms with Gasteiger partial charge in [0.25, 0.3) is 11.8 Å². The minimum Gasteiger partial charge on any atom is -0.491 e. The number of likely N-dealkylation sites (tertiary alicyclic amines) is 1. The van der Waals surface area contributed by atoms with Gasteiger partial charge in [0.05, 0.1) is 12.9 Å². The Hall–Kier alpha value is -2.80. The molecule has 0 spiro atoms. The summed E-state index contributed by atoms with van der Waals surface area (Å²) < 4.78 is 15.8. The summed E-state index contributed by atoms with van der Waals surface area (Å²) in [6.45, 7) is 3.96. The zero-order valence-electron chi connectivity index (χ0n) is 16.3. The number of ether oxygens (including phenoxy) is 2. The number of methoxy groups -OCH3 is 1. The number of nitrogens with one attached hydrogen (secondary N) is 1. The van der Waals surface area contributed by atoms with E-state index < -0.39 is 0 Å². The molecule has 1 aromatic carbocycles. The van der Waals surface area contributed by atoms with Gasteiger partial charge in [-0.05, 0) is 44.0 Å². The highest BCUT2D eigenvalue weighted by atomic mass is 16.5. The summed E-state index contributed by atoms with van der Waals surface area (Å²) in [7, 11) is 1.62. The summed E-state index contributed by atoms with van der Waals surface area (Å²) in [6.07, 6.45) is 2.93. The maximum atomic E-state index is 12.8. The second-order valence-electron chi connectivity index (χ2n) is 6.84. The van der Waals surface area contributed by atoms with Gasteiger partial charge in [-0.15, -0.1) is 0 Å². The first kappa shape index (κ1) is 19.9. The Morgan fingerprint density at radius 3 is 2.68 bits per heavy atom. The van der Waals surface area contributed by atoms with Gasteiger partial charge in [-0.25, -0.2) is 0 Å². The van der Waals surface area contributed by atoms with Gasteiger partial charge in [0.1, 0.15) is 12.4 Å². The van der Waals surface area contributed by atoms with Crippen LogP contribution in [0.15, 0.2) is 41.0 Å².